The summed E-state index contributed by atoms with van der Waals surface area (Å²) in [5.74, 6) is 2.68. The second-order valence-electron chi connectivity index (χ2n) is 15.3. The van der Waals surface area contributed by atoms with E-state index in [0.717, 1.165) is 31.4 Å². The van der Waals surface area contributed by atoms with E-state index in [4.69, 9.17) is 18.6 Å². The molecule has 0 bridgehead atoms. The summed E-state index contributed by atoms with van der Waals surface area (Å²) >= 11 is 0. The van der Waals surface area contributed by atoms with Gasteiger partial charge in [-0.3, -0.25) is 4.79 Å². The first-order chi connectivity index (χ1) is 17.7. The first kappa shape index (κ1) is 27.0. The van der Waals surface area contributed by atoms with Crippen LogP contribution in [0, 0.1) is 46.3 Å². The monoisotopic (exact) mass is 544 g/mol. The number of ketones is 1. The lowest BCUT2D eigenvalue weighted by atomic mass is 9.44. The largest absolute Gasteiger partial charge is 0.548 e. The summed E-state index contributed by atoms with van der Waals surface area (Å²) < 4.78 is 24.8. The van der Waals surface area contributed by atoms with Crippen molar-refractivity contribution in [2.24, 2.45) is 46.3 Å². The second-order valence-corrected chi connectivity index (χ2v) is 19.7. The van der Waals surface area contributed by atoms with Crippen molar-refractivity contribution in [3.63, 3.8) is 0 Å². The Balaban J connectivity index is 1.24. The topological polar surface area (TPSA) is 71.1 Å². The second kappa shape index (κ2) is 8.42. The van der Waals surface area contributed by atoms with Gasteiger partial charge in [0.2, 0.25) is 8.32 Å². The highest BCUT2D eigenvalue weighted by molar-refractivity contribution is 6.70. The van der Waals surface area contributed by atoms with E-state index in [9.17, 15) is 9.59 Å². The fourth-order valence-electron chi connectivity index (χ4n) is 10.5. The molecule has 38 heavy (non-hydrogen) atoms. The summed E-state index contributed by atoms with van der Waals surface area (Å²) in [5, 5.41) is 0. The molecule has 0 aromatic heterocycles. The molecule has 4 aliphatic carbocycles. The standard InChI is InChI=1S/C31H48O6Si/c1-18-26-25(35-31(18)14-13-30(4,37-31)27(33)34-5)17-22-20-16-24(32)23-15-19(36-38(6,7)8)9-11-28(23,2)21(20)10-12-29(22,26)3/h9,18,20-23,25-26H,10-17H2,1-8H3/t18-,20+,21-,22-,23+,25-,26-,28+,29-,30-,31-/m0/s1. The van der Waals surface area contributed by atoms with Gasteiger partial charge in [0.1, 0.15) is 5.78 Å². The fraction of sp³-hybridized carbons (Fsp3) is 0.871. The number of hydrogen-bond donors (Lipinski definition) is 0. The number of allylic oxidation sites excluding steroid dienone is 2. The van der Waals surface area contributed by atoms with Gasteiger partial charge < -0.3 is 18.6 Å². The minimum absolute atomic E-state index is 0.0237. The van der Waals surface area contributed by atoms with Gasteiger partial charge in [-0.15, -0.1) is 0 Å². The molecule has 6 nitrogen and oxygen atoms in total. The third-order valence-corrected chi connectivity index (χ3v) is 13.0. The van der Waals surface area contributed by atoms with Gasteiger partial charge >= 0.3 is 5.97 Å². The molecule has 5 fully saturated rings. The van der Waals surface area contributed by atoms with Crippen molar-refractivity contribution in [3.05, 3.63) is 11.8 Å². The Kier molecular flexibility index (Phi) is 5.98. The van der Waals surface area contributed by atoms with Gasteiger partial charge in [-0.25, -0.2) is 4.79 Å². The Morgan fingerprint density at radius 3 is 2.47 bits per heavy atom. The predicted molar refractivity (Wildman–Crippen MR) is 146 cm³/mol. The van der Waals surface area contributed by atoms with Crippen LogP contribution in [0.3, 0.4) is 0 Å². The Labute approximate surface area is 229 Å². The number of Topliss-reactive ketones (excluding diaryl/α,β-unsaturated/α-hetero) is 1. The molecule has 6 aliphatic rings. The molecule has 11 atom stereocenters. The molecule has 0 aromatic carbocycles. The minimum atomic E-state index is -1.69. The molecule has 0 unspecified atom stereocenters. The third kappa shape index (κ3) is 3.69. The molecule has 3 saturated carbocycles. The average Bonchev–Trinajstić information content (AvgIpc) is 3.43. The van der Waals surface area contributed by atoms with E-state index in [-0.39, 0.29) is 34.7 Å². The van der Waals surface area contributed by atoms with E-state index < -0.39 is 19.7 Å². The molecule has 0 aromatic rings. The summed E-state index contributed by atoms with van der Waals surface area (Å²) in [4.78, 5) is 26.3. The maximum atomic E-state index is 13.8. The molecule has 2 saturated heterocycles. The number of carbonyl (C=O) groups is 2. The lowest BCUT2D eigenvalue weighted by Crippen LogP contribution is -2.56. The maximum absolute atomic E-state index is 13.8. The number of hydrogen-bond acceptors (Lipinski definition) is 6. The van der Waals surface area contributed by atoms with E-state index in [1.807, 2.05) is 6.92 Å². The Morgan fingerprint density at radius 1 is 1.05 bits per heavy atom. The molecule has 0 radical (unpaired) electrons. The van der Waals surface area contributed by atoms with E-state index in [0.29, 0.717) is 42.3 Å². The molecule has 6 rings (SSSR count). The van der Waals surface area contributed by atoms with Crippen LogP contribution in [0.2, 0.25) is 19.6 Å². The van der Waals surface area contributed by atoms with Gasteiger partial charge in [0.05, 0.1) is 19.0 Å². The van der Waals surface area contributed by atoms with E-state index in [1.54, 1.807) is 0 Å². The number of fused-ring (bicyclic) bond motifs is 7. The molecule has 7 heteroatoms. The van der Waals surface area contributed by atoms with Gasteiger partial charge in [-0.2, -0.15) is 0 Å². The van der Waals surface area contributed by atoms with Crippen molar-refractivity contribution in [2.75, 3.05) is 7.11 Å². The van der Waals surface area contributed by atoms with Gasteiger partial charge in [-0.05, 0) is 99.2 Å². The van der Waals surface area contributed by atoms with Crippen LogP contribution >= 0.6 is 0 Å². The van der Waals surface area contributed by atoms with E-state index in [2.05, 4.69) is 46.5 Å². The van der Waals surface area contributed by atoms with Crippen molar-refractivity contribution in [1.82, 2.24) is 0 Å². The molecular formula is C31H48O6Si. The lowest BCUT2D eigenvalue weighted by molar-refractivity contribution is -0.259. The Morgan fingerprint density at radius 2 is 1.79 bits per heavy atom. The quantitative estimate of drug-likeness (QED) is 0.309. The lowest BCUT2D eigenvalue weighted by Gasteiger charge is -2.59. The van der Waals surface area contributed by atoms with Crippen LogP contribution in [-0.4, -0.2) is 44.7 Å². The molecular weight excluding hydrogens is 496 g/mol. The summed E-state index contributed by atoms with van der Waals surface area (Å²) in [5.41, 5.74) is -0.788. The van der Waals surface area contributed by atoms with Crippen molar-refractivity contribution in [2.45, 2.75) is 116 Å². The summed E-state index contributed by atoms with van der Waals surface area (Å²) in [6.07, 6.45) is 9.61. The van der Waals surface area contributed by atoms with Crippen LogP contribution in [0.5, 0.6) is 0 Å². The number of esters is 1. The van der Waals surface area contributed by atoms with Gasteiger partial charge in [0.25, 0.3) is 0 Å². The number of rotatable bonds is 3. The summed E-state index contributed by atoms with van der Waals surface area (Å²) in [6.45, 7) is 15.7. The SMILES string of the molecule is COC(=O)[C@]1(C)CC[C@]2(O[C@H]3C[C@H]4[C@@H]5CC(=O)[C@H]6CC(O[Si](C)(C)C)=CC[C@]6(C)[C@H]5CC[C@]4(C)[C@H]3[C@@H]2C)O1. The highest BCUT2D eigenvalue weighted by atomic mass is 28.4. The van der Waals surface area contributed by atoms with E-state index in [1.165, 1.54) is 20.0 Å². The average molecular weight is 545 g/mol. The third-order valence-electron chi connectivity index (χ3n) is 12.2. The molecule has 212 valence electrons. The molecule has 2 heterocycles. The zero-order chi connectivity index (χ0) is 27.5. The van der Waals surface area contributed by atoms with Crippen LogP contribution in [0.1, 0.15) is 79.1 Å². The maximum Gasteiger partial charge on any atom is 0.337 e. The van der Waals surface area contributed by atoms with Crippen LogP contribution in [0.15, 0.2) is 11.8 Å². The van der Waals surface area contributed by atoms with Crippen molar-refractivity contribution < 1.29 is 28.2 Å². The van der Waals surface area contributed by atoms with E-state index >= 15 is 0 Å². The highest BCUT2D eigenvalue weighted by Crippen LogP contribution is 2.71. The number of methoxy groups -OCH3 is 1. The minimum Gasteiger partial charge on any atom is -0.548 e. The van der Waals surface area contributed by atoms with Gasteiger partial charge in [-0.1, -0.05) is 20.8 Å². The molecule has 0 N–H and O–H groups in total. The first-order valence-electron chi connectivity index (χ1n) is 15.0. The van der Waals surface area contributed by atoms with Crippen LogP contribution in [-0.2, 0) is 28.2 Å². The summed E-state index contributed by atoms with van der Waals surface area (Å²) in [6, 6.07) is 0. The predicted octanol–water partition coefficient (Wildman–Crippen LogP) is 6.25. The van der Waals surface area contributed by atoms with Crippen molar-refractivity contribution in [3.8, 4) is 0 Å². The van der Waals surface area contributed by atoms with Crippen molar-refractivity contribution in [1.29, 1.82) is 0 Å². The Hall–Kier alpha value is -1.18. The number of carbonyl (C=O) groups excluding carboxylic acids is 2. The van der Waals surface area contributed by atoms with Crippen LogP contribution in [0.4, 0.5) is 0 Å². The smallest absolute Gasteiger partial charge is 0.337 e. The zero-order valence-electron chi connectivity index (χ0n) is 24.7. The molecule has 2 aliphatic heterocycles. The normalized spacial score (nSPS) is 51.6. The number of ether oxygens (including phenoxy) is 3. The fourth-order valence-corrected chi connectivity index (χ4v) is 11.4. The van der Waals surface area contributed by atoms with Crippen molar-refractivity contribution >= 4 is 20.1 Å². The summed E-state index contributed by atoms with van der Waals surface area (Å²) in [7, 11) is -0.261. The van der Waals surface area contributed by atoms with Gasteiger partial charge in [0.15, 0.2) is 11.4 Å². The highest BCUT2D eigenvalue weighted by Gasteiger charge is 2.71. The van der Waals surface area contributed by atoms with Gasteiger partial charge in [0, 0.05) is 31.1 Å². The first-order valence-corrected chi connectivity index (χ1v) is 18.4. The molecule has 0 amide bonds. The molecule has 1 spiro atoms. The zero-order valence-corrected chi connectivity index (χ0v) is 25.7. The Bertz CT molecular complexity index is 1070. The van der Waals surface area contributed by atoms with Crippen LogP contribution < -0.4 is 0 Å². The van der Waals surface area contributed by atoms with Crippen LogP contribution in [0.25, 0.3) is 0 Å².